The van der Waals surface area contributed by atoms with Crippen LogP contribution in [0, 0.1) is 0 Å². The fourth-order valence-corrected chi connectivity index (χ4v) is 4.17. The molecule has 0 saturated carbocycles. The molecule has 0 aliphatic heterocycles. The second kappa shape index (κ2) is 10.4. The van der Waals surface area contributed by atoms with Gasteiger partial charge in [-0.25, -0.2) is 8.42 Å². The zero-order valence-corrected chi connectivity index (χ0v) is 20.1. The summed E-state index contributed by atoms with van der Waals surface area (Å²) in [5.41, 5.74) is 6.16. The number of ether oxygens (including phenoxy) is 1. The van der Waals surface area contributed by atoms with Gasteiger partial charge in [0.25, 0.3) is 21.8 Å². The molecule has 0 unspecified atom stereocenters. The SMILES string of the molecule is CCn1nc(C(C)C)cc1C(=O)NNC(=O)c1cccc(S(=O)(=O)Nc2ccc(OC)cc2)c1. The zero-order valence-electron chi connectivity index (χ0n) is 19.3. The lowest BCUT2D eigenvalue weighted by atomic mass is 10.1. The number of amides is 2. The van der Waals surface area contributed by atoms with Gasteiger partial charge in [0.2, 0.25) is 0 Å². The topological polar surface area (TPSA) is 131 Å². The number of hydrogen-bond acceptors (Lipinski definition) is 6. The van der Waals surface area contributed by atoms with Crippen LogP contribution >= 0.6 is 0 Å². The summed E-state index contributed by atoms with van der Waals surface area (Å²) < 4.78 is 34.6. The first-order valence-electron chi connectivity index (χ1n) is 10.6. The van der Waals surface area contributed by atoms with Crippen molar-refractivity contribution in [3.8, 4) is 5.75 Å². The number of hydrogen-bond donors (Lipinski definition) is 3. The maximum absolute atomic E-state index is 12.8. The number of rotatable bonds is 8. The molecular weight excluding hydrogens is 458 g/mol. The van der Waals surface area contributed by atoms with Crippen LogP contribution in [0.15, 0.2) is 59.5 Å². The Kier molecular flexibility index (Phi) is 7.57. The van der Waals surface area contributed by atoms with E-state index in [-0.39, 0.29) is 16.4 Å². The Hall–Kier alpha value is -3.86. The molecule has 0 spiro atoms. The molecule has 0 fully saturated rings. The highest BCUT2D eigenvalue weighted by molar-refractivity contribution is 7.92. The smallest absolute Gasteiger partial charge is 0.287 e. The molecule has 0 aliphatic rings. The molecule has 3 rings (SSSR count). The monoisotopic (exact) mass is 485 g/mol. The van der Waals surface area contributed by atoms with E-state index in [1.54, 1.807) is 35.0 Å². The summed E-state index contributed by atoms with van der Waals surface area (Å²) in [5.74, 6) is -0.461. The van der Waals surface area contributed by atoms with Crippen molar-refractivity contribution in [3.05, 3.63) is 71.5 Å². The number of benzene rings is 2. The standard InChI is InChI=1S/C23H27N5O5S/c1-5-28-21(14-20(26-28)15(2)3)23(30)25-24-22(29)16-7-6-8-19(13-16)34(31,32)27-17-9-11-18(33-4)12-10-17/h6-15,27H,5H2,1-4H3,(H,24,29)(H,25,30). The molecule has 2 aromatic carbocycles. The second-order valence-electron chi connectivity index (χ2n) is 7.69. The number of carbonyl (C=O) groups excluding carboxylic acids is 2. The molecule has 3 aromatic rings. The average Bonchev–Trinajstić information content (AvgIpc) is 3.28. The molecule has 0 radical (unpaired) electrons. The number of hydrazine groups is 1. The van der Waals surface area contributed by atoms with Gasteiger partial charge in [-0.3, -0.25) is 29.8 Å². The van der Waals surface area contributed by atoms with Crippen LogP contribution in [0.2, 0.25) is 0 Å². The first-order valence-corrected chi connectivity index (χ1v) is 12.1. The third-order valence-electron chi connectivity index (χ3n) is 4.96. The molecule has 1 aromatic heterocycles. The summed E-state index contributed by atoms with van der Waals surface area (Å²) in [4.78, 5) is 25.0. The van der Waals surface area contributed by atoms with Gasteiger partial charge < -0.3 is 4.74 Å². The van der Waals surface area contributed by atoms with Gasteiger partial charge in [0.05, 0.1) is 17.7 Å². The Labute approximate surface area is 198 Å². The van der Waals surface area contributed by atoms with E-state index < -0.39 is 21.8 Å². The third-order valence-corrected chi connectivity index (χ3v) is 6.34. The highest BCUT2D eigenvalue weighted by atomic mass is 32.2. The Morgan fingerprint density at radius 3 is 2.32 bits per heavy atom. The Bertz CT molecular complexity index is 1280. The fourth-order valence-electron chi connectivity index (χ4n) is 3.07. The van der Waals surface area contributed by atoms with E-state index in [2.05, 4.69) is 20.7 Å². The van der Waals surface area contributed by atoms with E-state index in [9.17, 15) is 18.0 Å². The molecule has 34 heavy (non-hydrogen) atoms. The van der Waals surface area contributed by atoms with Crippen molar-refractivity contribution in [2.75, 3.05) is 11.8 Å². The number of carbonyl (C=O) groups is 2. The Morgan fingerprint density at radius 2 is 1.71 bits per heavy atom. The fraction of sp³-hybridized carbons (Fsp3) is 0.261. The number of nitrogens with zero attached hydrogens (tertiary/aromatic N) is 2. The first kappa shape index (κ1) is 24.8. The molecule has 0 bridgehead atoms. The summed E-state index contributed by atoms with van der Waals surface area (Å²) >= 11 is 0. The first-order chi connectivity index (χ1) is 16.1. The highest BCUT2D eigenvalue weighted by Crippen LogP contribution is 2.20. The van der Waals surface area contributed by atoms with Gasteiger partial charge >= 0.3 is 0 Å². The lowest BCUT2D eigenvalue weighted by molar-refractivity contribution is 0.0840. The molecule has 0 atom stereocenters. The van der Waals surface area contributed by atoms with Gasteiger partial charge in [-0.05, 0) is 61.4 Å². The van der Waals surface area contributed by atoms with E-state index >= 15 is 0 Å². The van der Waals surface area contributed by atoms with Crippen molar-refractivity contribution < 1.29 is 22.7 Å². The van der Waals surface area contributed by atoms with Gasteiger partial charge in [-0.15, -0.1) is 0 Å². The second-order valence-corrected chi connectivity index (χ2v) is 9.38. The van der Waals surface area contributed by atoms with Crippen molar-refractivity contribution in [1.29, 1.82) is 0 Å². The van der Waals surface area contributed by atoms with Crippen LogP contribution in [-0.4, -0.2) is 37.1 Å². The Morgan fingerprint density at radius 1 is 1.03 bits per heavy atom. The largest absolute Gasteiger partial charge is 0.497 e. The molecular formula is C23H27N5O5S. The molecule has 0 aliphatic carbocycles. The van der Waals surface area contributed by atoms with Crippen molar-refractivity contribution in [2.45, 2.75) is 38.1 Å². The summed E-state index contributed by atoms with van der Waals surface area (Å²) in [5, 5.41) is 4.38. The number of aryl methyl sites for hydroxylation is 1. The van der Waals surface area contributed by atoms with Crippen molar-refractivity contribution in [1.82, 2.24) is 20.6 Å². The zero-order chi connectivity index (χ0) is 24.9. The van der Waals surface area contributed by atoms with E-state index in [0.29, 0.717) is 23.7 Å². The summed E-state index contributed by atoms with van der Waals surface area (Å²) in [6.07, 6.45) is 0. The minimum absolute atomic E-state index is 0.0600. The van der Waals surface area contributed by atoms with Gasteiger partial charge in [-0.1, -0.05) is 19.9 Å². The number of aromatic nitrogens is 2. The lowest BCUT2D eigenvalue weighted by Gasteiger charge is -2.11. The van der Waals surface area contributed by atoms with Crippen LogP contribution < -0.4 is 20.3 Å². The van der Waals surface area contributed by atoms with E-state index in [4.69, 9.17) is 4.74 Å². The van der Waals surface area contributed by atoms with Crippen LogP contribution in [0.25, 0.3) is 0 Å². The van der Waals surface area contributed by atoms with Crippen LogP contribution in [-0.2, 0) is 16.6 Å². The van der Waals surface area contributed by atoms with Crippen LogP contribution in [0.1, 0.15) is 53.2 Å². The van der Waals surface area contributed by atoms with Crippen molar-refractivity contribution >= 4 is 27.5 Å². The van der Waals surface area contributed by atoms with E-state index in [1.807, 2.05) is 20.8 Å². The van der Waals surface area contributed by atoms with Crippen LogP contribution in [0.3, 0.4) is 0 Å². The molecule has 1 heterocycles. The normalized spacial score (nSPS) is 11.2. The molecule has 0 saturated heterocycles. The molecule has 10 nitrogen and oxygen atoms in total. The van der Waals surface area contributed by atoms with Gasteiger partial charge in [0.15, 0.2) is 0 Å². The van der Waals surface area contributed by atoms with Crippen molar-refractivity contribution in [3.63, 3.8) is 0 Å². The quantitative estimate of drug-likeness (QED) is 0.421. The number of methoxy groups -OCH3 is 1. The number of sulfonamides is 1. The molecule has 11 heteroatoms. The van der Waals surface area contributed by atoms with Gasteiger partial charge in [-0.2, -0.15) is 5.10 Å². The average molecular weight is 486 g/mol. The molecule has 2 amide bonds. The maximum atomic E-state index is 12.8. The minimum Gasteiger partial charge on any atom is -0.497 e. The third kappa shape index (κ3) is 5.73. The van der Waals surface area contributed by atoms with Gasteiger partial charge in [0.1, 0.15) is 11.4 Å². The van der Waals surface area contributed by atoms with Crippen molar-refractivity contribution in [2.24, 2.45) is 0 Å². The minimum atomic E-state index is -3.95. The van der Waals surface area contributed by atoms with Gasteiger partial charge in [0, 0.05) is 17.8 Å². The van der Waals surface area contributed by atoms with Crippen LogP contribution in [0.5, 0.6) is 5.75 Å². The molecule has 3 N–H and O–H groups in total. The summed E-state index contributed by atoms with van der Waals surface area (Å²) in [7, 11) is -2.43. The summed E-state index contributed by atoms with van der Waals surface area (Å²) in [6, 6.07) is 13.5. The number of nitrogens with one attached hydrogen (secondary N) is 3. The summed E-state index contributed by atoms with van der Waals surface area (Å²) in [6.45, 7) is 6.29. The van der Waals surface area contributed by atoms with E-state index in [0.717, 1.165) is 5.69 Å². The maximum Gasteiger partial charge on any atom is 0.287 e. The Balaban J connectivity index is 1.70. The number of anilines is 1. The molecule has 180 valence electrons. The predicted octanol–water partition coefficient (Wildman–Crippen LogP) is 2.91. The lowest BCUT2D eigenvalue weighted by Crippen LogP contribution is -2.42. The van der Waals surface area contributed by atoms with Crippen LogP contribution in [0.4, 0.5) is 5.69 Å². The highest BCUT2D eigenvalue weighted by Gasteiger charge is 2.19. The van der Waals surface area contributed by atoms with E-state index in [1.165, 1.54) is 31.4 Å². The predicted molar refractivity (Wildman–Crippen MR) is 127 cm³/mol.